The molecule has 1 aliphatic rings. The van der Waals surface area contributed by atoms with Crippen LogP contribution in [0.2, 0.25) is 0 Å². The molecule has 106 valence electrons. The van der Waals surface area contributed by atoms with Crippen molar-refractivity contribution >= 4 is 5.91 Å². The second-order valence-corrected chi connectivity index (χ2v) is 5.31. The molecule has 5 heteroatoms. The molecule has 1 amide bonds. The first kappa shape index (κ1) is 14.1. The highest BCUT2D eigenvalue weighted by atomic mass is 16.1. The lowest BCUT2D eigenvalue weighted by atomic mass is 9.98. The number of likely N-dealkylation sites (tertiary alicyclic amines) is 1. The van der Waals surface area contributed by atoms with E-state index < -0.39 is 0 Å². The van der Waals surface area contributed by atoms with Crippen molar-refractivity contribution in [3.8, 4) is 0 Å². The van der Waals surface area contributed by atoms with Gasteiger partial charge in [0.25, 0.3) is 0 Å². The molecule has 0 spiro atoms. The molecule has 5 nitrogen and oxygen atoms in total. The number of imidazole rings is 1. The number of rotatable bonds is 5. The largest absolute Gasteiger partial charge is 0.356 e. The quantitative estimate of drug-likeness (QED) is 0.871. The molecule has 1 fully saturated rings. The molecule has 2 heterocycles. The minimum absolute atomic E-state index is 0.0682. The highest BCUT2D eigenvalue weighted by molar-refractivity contribution is 5.72. The van der Waals surface area contributed by atoms with Crippen molar-refractivity contribution in [2.75, 3.05) is 19.6 Å². The van der Waals surface area contributed by atoms with Crippen LogP contribution in [0.3, 0.4) is 0 Å². The van der Waals surface area contributed by atoms with E-state index in [4.69, 9.17) is 0 Å². The van der Waals surface area contributed by atoms with Crippen molar-refractivity contribution in [2.45, 2.75) is 39.8 Å². The number of piperidine rings is 1. The first-order chi connectivity index (χ1) is 9.19. The number of aryl methyl sites for hydroxylation is 1. The van der Waals surface area contributed by atoms with Gasteiger partial charge in [-0.15, -0.1) is 0 Å². The second kappa shape index (κ2) is 6.70. The standard InChI is InChI=1S/C14H24N4O/c1-3-18-8-6-15-14(18)11-17-7-4-5-13(10-17)9-16-12(2)19/h6,8,13H,3-5,7,9-11H2,1-2H3,(H,16,19)/t13-/m1/s1. The van der Waals surface area contributed by atoms with Gasteiger partial charge in [0, 0.05) is 39.0 Å². The molecule has 1 N–H and O–H groups in total. The van der Waals surface area contributed by atoms with Gasteiger partial charge in [-0.3, -0.25) is 9.69 Å². The molecular weight excluding hydrogens is 240 g/mol. The van der Waals surface area contributed by atoms with Crippen molar-refractivity contribution in [3.63, 3.8) is 0 Å². The predicted octanol–water partition coefficient (Wildman–Crippen LogP) is 1.25. The molecule has 0 unspecified atom stereocenters. The normalized spacial score (nSPS) is 20.4. The first-order valence-corrected chi connectivity index (χ1v) is 7.15. The van der Waals surface area contributed by atoms with E-state index in [1.165, 1.54) is 12.8 Å². The highest BCUT2D eigenvalue weighted by Gasteiger charge is 2.21. The van der Waals surface area contributed by atoms with Crippen molar-refractivity contribution in [2.24, 2.45) is 5.92 Å². The number of nitrogens with zero attached hydrogens (tertiary/aromatic N) is 3. The van der Waals surface area contributed by atoms with E-state index >= 15 is 0 Å². The Balaban J connectivity index is 1.85. The third kappa shape index (κ3) is 4.06. The molecule has 0 aliphatic carbocycles. The van der Waals surface area contributed by atoms with Gasteiger partial charge < -0.3 is 9.88 Å². The summed E-state index contributed by atoms with van der Waals surface area (Å²) in [5, 5.41) is 2.93. The summed E-state index contributed by atoms with van der Waals surface area (Å²) in [6, 6.07) is 0. The Labute approximate surface area is 115 Å². The van der Waals surface area contributed by atoms with Crippen LogP contribution in [-0.2, 0) is 17.9 Å². The van der Waals surface area contributed by atoms with Crippen molar-refractivity contribution in [1.82, 2.24) is 19.8 Å². The lowest BCUT2D eigenvalue weighted by molar-refractivity contribution is -0.119. The van der Waals surface area contributed by atoms with E-state index in [-0.39, 0.29) is 5.91 Å². The maximum absolute atomic E-state index is 11.0. The summed E-state index contributed by atoms with van der Waals surface area (Å²) in [7, 11) is 0. The molecule has 1 aromatic rings. The molecule has 1 atom stereocenters. The van der Waals surface area contributed by atoms with E-state index in [9.17, 15) is 4.79 Å². The van der Waals surface area contributed by atoms with Crippen LogP contribution in [0.15, 0.2) is 12.4 Å². The number of carbonyl (C=O) groups is 1. The number of carbonyl (C=O) groups excluding carboxylic acids is 1. The van der Waals surface area contributed by atoms with Gasteiger partial charge >= 0.3 is 0 Å². The third-order valence-corrected chi connectivity index (χ3v) is 3.75. The van der Waals surface area contributed by atoms with Gasteiger partial charge in [-0.25, -0.2) is 4.98 Å². The van der Waals surface area contributed by atoms with Crippen LogP contribution in [0.25, 0.3) is 0 Å². The summed E-state index contributed by atoms with van der Waals surface area (Å²) in [4.78, 5) is 17.9. The lowest BCUT2D eigenvalue weighted by Gasteiger charge is -2.32. The van der Waals surface area contributed by atoms with Crippen molar-refractivity contribution < 1.29 is 4.79 Å². The average molecular weight is 264 g/mol. The number of aromatic nitrogens is 2. The topological polar surface area (TPSA) is 50.2 Å². The Morgan fingerprint density at radius 1 is 1.58 bits per heavy atom. The zero-order chi connectivity index (χ0) is 13.7. The molecule has 0 saturated carbocycles. The van der Waals surface area contributed by atoms with Crippen molar-refractivity contribution in [3.05, 3.63) is 18.2 Å². The average Bonchev–Trinajstić information content (AvgIpc) is 2.84. The van der Waals surface area contributed by atoms with Crippen LogP contribution in [0.1, 0.15) is 32.5 Å². The van der Waals surface area contributed by atoms with Crippen LogP contribution in [-0.4, -0.2) is 40.0 Å². The highest BCUT2D eigenvalue weighted by Crippen LogP contribution is 2.17. The van der Waals surface area contributed by atoms with Crippen LogP contribution >= 0.6 is 0 Å². The van der Waals surface area contributed by atoms with E-state index in [0.717, 1.165) is 38.5 Å². The Bertz CT molecular complexity index is 415. The van der Waals surface area contributed by atoms with Crippen LogP contribution in [0, 0.1) is 5.92 Å². The van der Waals surface area contributed by atoms with Gasteiger partial charge in [0.05, 0.1) is 6.54 Å². The molecule has 19 heavy (non-hydrogen) atoms. The van der Waals surface area contributed by atoms with E-state index in [2.05, 4.69) is 26.7 Å². The zero-order valence-corrected chi connectivity index (χ0v) is 11.9. The van der Waals surface area contributed by atoms with Gasteiger partial charge in [-0.1, -0.05) is 0 Å². The third-order valence-electron chi connectivity index (χ3n) is 3.75. The van der Waals surface area contributed by atoms with Gasteiger partial charge in [0.1, 0.15) is 5.82 Å². The van der Waals surface area contributed by atoms with Crippen LogP contribution < -0.4 is 5.32 Å². The lowest BCUT2D eigenvalue weighted by Crippen LogP contribution is -2.40. The Hall–Kier alpha value is -1.36. The van der Waals surface area contributed by atoms with Crippen molar-refractivity contribution in [1.29, 1.82) is 0 Å². The fourth-order valence-corrected chi connectivity index (χ4v) is 2.73. The van der Waals surface area contributed by atoms with E-state index in [0.29, 0.717) is 5.92 Å². The SMILES string of the molecule is CCn1ccnc1CN1CCC[C@H](CNC(C)=O)C1. The molecule has 1 aliphatic heterocycles. The summed E-state index contributed by atoms with van der Waals surface area (Å²) in [6.45, 7) is 8.59. The first-order valence-electron chi connectivity index (χ1n) is 7.15. The summed E-state index contributed by atoms with van der Waals surface area (Å²) < 4.78 is 2.19. The molecule has 2 rings (SSSR count). The minimum Gasteiger partial charge on any atom is -0.356 e. The summed E-state index contributed by atoms with van der Waals surface area (Å²) in [5.41, 5.74) is 0. The second-order valence-electron chi connectivity index (χ2n) is 5.31. The Morgan fingerprint density at radius 2 is 2.42 bits per heavy atom. The fraction of sp³-hybridized carbons (Fsp3) is 0.714. The molecule has 0 aromatic carbocycles. The molecular formula is C14H24N4O. The monoisotopic (exact) mass is 264 g/mol. The Kier molecular flexibility index (Phi) is 4.96. The van der Waals surface area contributed by atoms with Gasteiger partial charge in [0.15, 0.2) is 0 Å². The number of nitrogens with one attached hydrogen (secondary N) is 1. The minimum atomic E-state index is 0.0682. The smallest absolute Gasteiger partial charge is 0.216 e. The van der Waals surface area contributed by atoms with Crippen LogP contribution in [0.5, 0.6) is 0 Å². The maximum Gasteiger partial charge on any atom is 0.216 e. The molecule has 1 aromatic heterocycles. The number of hydrogen-bond donors (Lipinski definition) is 1. The Morgan fingerprint density at radius 3 is 3.16 bits per heavy atom. The number of hydrogen-bond acceptors (Lipinski definition) is 3. The fourth-order valence-electron chi connectivity index (χ4n) is 2.73. The van der Waals surface area contributed by atoms with Crippen LogP contribution in [0.4, 0.5) is 0 Å². The summed E-state index contributed by atoms with van der Waals surface area (Å²) in [5.74, 6) is 1.78. The van der Waals surface area contributed by atoms with E-state index in [1.54, 1.807) is 6.92 Å². The predicted molar refractivity (Wildman–Crippen MR) is 74.6 cm³/mol. The number of amides is 1. The summed E-state index contributed by atoms with van der Waals surface area (Å²) in [6.07, 6.45) is 6.32. The van der Waals surface area contributed by atoms with E-state index in [1.807, 2.05) is 12.4 Å². The maximum atomic E-state index is 11.0. The zero-order valence-electron chi connectivity index (χ0n) is 11.9. The molecule has 0 bridgehead atoms. The summed E-state index contributed by atoms with van der Waals surface area (Å²) >= 11 is 0. The van der Waals surface area contributed by atoms with Gasteiger partial charge in [-0.05, 0) is 32.2 Å². The molecule has 1 saturated heterocycles. The van der Waals surface area contributed by atoms with Gasteiger partial charge in [0.2, 0.25) is 5.91 Å². The van der Waals surface area contributed by atoms with Gasteiger partial charge in [-0.2, -0.15) is 0 Å². The molecule has 0 radical (unpaired) electrons.